The molecule has 1 fully saturated rings. The number of aromatic nitrogens is 2. The first-order valence-electron chi connectivity index (χ1n) is 9.33. The van der Waals surface area contributed by atoms with E-state index in [1.54, 1.807) is 6.92 Å². The first kappa shape index (κ1) is 22.3. The van der Waals surface area contributed by atoms with E-state index in [1.165, 1.54) is 41.4 Å². The molecule has 1 aromatic heterocycles. The van der Waals surface area contributed by atoms with Gasteiger partial charge in [-0.05, 0) is 37.2 Å². The molecule has 1 saturated heterocycles. The molecule has 2 heterocycles. The first-order valence-corrected chi connectivity index (χ1v) is 10.2. The van der Waals surface area contributed by atoms with Gasteiger partial charge in [-0.2, -0.15) is 0 Å². The number of imidazole rings is 1. The molecule has 1 aliphatic rings. The number of ether oxygens (including phenoxy) is 1. The first-order chi connectivity index (χ1) is 14.5. The third-order valence-electron chi connectivity index (χ3n) is 4.97. The molecule has 3 rings (SSSR count). The molecule has 1 aromatic carbocycles. The van der Waals surface area contributed by atoms with Crippen LogP contribution in [0, 0.1) is 10.1 Å². The van der Waals surface area contributed by atoms with Crippen molar-refractivity contribution in [3.63, 3.8) is 0 Å². The zero-order valence-electron chi connectivity index (χ0n) is 17.3. The Labute approximate surface area is 180 Å². The number of nitrogens with zero attached hydrogens (tertiary/aromatic N) is 4. The number of benzene rings is 1. The highest BCUT2D eigenvalue weighted by molar-refractivity contribution is 8.18. The van der Waals surface area contributed by atoms with E-state index in [1.807, 2.05) is 6.92 Å². The summed E-state index contributed by atoms with van der Waals surface area (Å²) in [7, 11) is 3.02. The van der Waals surface area contributed by atoms with E-state index >= 15 is 0 Å². The average Bonchev–Trinajstić information content (AvgIpc) is 3.09. The van der Waals surface area contributed by atoms with Crippen molar-refractivity contribution in [1.29, 1.82) is 0 Å². The zero-order chi connectivity index (χ0) is 23.0. The van der Waals surface area contributed by atoms with Crippen LogP contribution in [0.1, 0.15) is 25.8 Å². The van der Waals surface area contributed by atoms with Gasteiger partial charge in [0.25, 0.3) is 16.8 Å². The van der Waals surface area contributed by atoms with Crippen LogP contribution >= 0.6 is 11.8 Å². The van der Waals surface area contributed by atoms with Gasteiger partial charge in [0.1, 0.15) is 6.54 Å². The lowest BCUT2D eigenvalue weighted by atomic mass is 10.1. The molecule has 1 aliphatic heterocycles. The van der Waals surface area contributed by atoms with Crippen LogP contribution in [0.4, 0.5) is 10.5 Å². The zero-order valence-corrected chi connectivity index (χ0v) is 18.1. The second-order valence-electron chi connectivity index (χ2n) is 7.03. The van der Waals surface area contributed by atoms with Gasteiger partial charge in [0.05, 0.1) is 32.5 Å². The van der Waals surface area contributed by atoms with Gasteiger partial charge in [-0.1, -0.05) is 6.92 Å². The van der Waals surface area contributed by atoms with Gasteiger partial charge in [-0.15, -0.1) is 0 Å². The number of hydrogen-bond acceptors (Lipinski definition) is 8. The second-order valence-corrected chi connectivity index (χ2v) is 8.03. The van der Waals surface area contributed by atoms with Gasteiger partial charge in [0, 0.05) is 20.2 Å². The molecular formula is C19H20N4O7S. The molecule has 1 atom stereocenters. The smallest absolute Gasteiger partial charge is 0.328 e. The predicted molar refractivity (Wildman–Crippen MR) is 113 cm³/mol. The lowest BCUT2D eigenvalue weighted by Gasteiger charge is -2.14. The minimum absolute atomic E-state index is 0.0615. The number of imide groups is 1. The van der Waals surface area contributed by atoms with Crippen molar-refractivity contribution in [2.24, 2.45) is 14.1 Å². The Kier molecular flexibility index (Phi) is 6.02. The summed E-state index contributed by atoms with van der Waals surface area (Å²) < 4.78 is 7.71. The molecule has 164 valence electrons. The Morgan fingerprint density at radius 2 is 1.84 bits per heavy atom. The van der Waals surface area contributed by atoms with Crippen LogP contribution in [0.15, 0.2) is 21.8 Å². The highest BCUT2D eigenvalue weighted by Crippen LogP contribution is 2.35. The Morgan fingerprint density at radius 3 is 2.42 bits per heavy atom. The molecule has 0 saturated carbocycles. The van der Waals surface area contributed by atoms with Crippen molar-refractivity contribution in [2.45, 2.75) is 26.4 Å². The monoisotopic (exact) mass is 448 g/mol. The van der Waals surface area contributed by atoms with Crippen molar-refractivity contribution in [3.05, 3.63) is 43.2 Å². The van der Waals surface area contributed by atoms with Crippen LogP contribution in [-0.4, -0.2) is 48.7 Å². The normalized spacial score (nSPS) is 16.4. The standard InChI is InChI=1S/C19H20N4O7S/c1-5-10(2)30-16(24)9-22-17(25)15(31-19(22)27)7-11-6-13-14(8-12(11)23(28)29)21(4)18(26)20(13)3/h6-8,10H,5,9H2,1-4H3/b15-7-/t10-/m1/s1. The second kappa shape index (κ2) is 8.38. The minimum atomic E-state index is -0.743. The molecule has 0 bridgehead atoms. The molecular weight excluding hydrogens is 428 g/mol. The Hall–Kier alpha value is -3.41. The van der Waals surface area contributed by atoms with Gasteiger partial charge in [0.15, 0.2) is 0 Å². The number of rotatable bonds is 6. The molecule has 0 unspecified atom stereocenters. The van der Waals surface area contributed by atoms with E-state index in [0.717, 1.165) is 4.90 Å². The maximum atomic E-state index is 12.7. The summed E-state index contributed by atoms with van der Waals surface area (Å²) in [5.74, 6) is -1.46. The Bertz CT molecular complexity index is 1210. The number of nitro groups is 1. The molecule has 2 aromatic rings. The predicted octanol–water partition coefficient (Wildman–Crippen LogP) is 2.16. The number of nitro benzene ring substituents is 1. The third-order valence-corrected chi connectivity index (χ3v) is 5.88. The van der Waals surface area contributed by atoms with Gasteiger partial charge >= 0.3 is 11.7 Å². The van der Waals surface area contributed by atoms with E-state index in [0.29, 0.717) is 29.2 Å². The van der Waals surface area contributed by atoms with Crippen LogP contribution in [-0.2, 0) is 28.4 Å². The topological polar surface area (TPSA) is 134 Å². The van der Waals surface area contributed by atoms with Crippen molar-refractivity contribution >= 4 is 51.7 Å². The number of carbonyl (C=O) groups excluding carboxylic acids is 3. The average molecular weight is 448 g/mol. The highest BCUT2D eigenvalue weighted by atomic mass is 32.2. The molecule has 0 N–H and O–H groups in total. The number of esters is 1. The number of aryl methyl sites for hydroxylation is 2. The number of amides is 2. The summed E-state index contributed by atoms with van der Waals surface area (Å²) >= 11 is 0.576. The Balaban J connectivity index is 1.98. The molecule has 12 heteroatoms. The van der Waals surface area contributed by atoms with Crippen LogP contribution in [0.3, 0.4) is 0 Å². The number of hydrogen-bond donors (Lipinski definition) is 0. The van der Waals surface area contributed by atoms with E-state index in [-0.39, 0.29) is 27.9 Å². The van der Waals surface area contributed by atoms with Gasteiger partial charge in [-0.3, -0.25) is 38.5 Å². The van der Waals surface area contributed by atoms with E-state index in [9.17, 15) is 29.3 Å². The van der Waals surface area contributed by atoms with Crippen LogP contribution in [0.25, 0.3) is 17.1 Å². The molecule has 0 spiro atoms. The fraction of sp³-hybridized carbons (Fsp3) is 0.368. The summed E-state index contributed by atoms with van der Waals surface area (Å²) in [6, 6.07) is 2.66. The van der Waals surface area contributed by atoms with Gasteiger partial charge in [0.2, 0.25) is 0 Å². The lowest BCUT2D eigenvalue weighted by molar-refractivity contribution is -0.385. The molecule has 0 radical (unpaired) electrons. The maximum Gasteiger partial charge on any atom is 0.328 e. The number of carbonyl (C=O) groups is 3. The number of fused-ring (bicyclic) bond motifs is 1. The van der Waals surface area contributed by atoms with E-state index in [4.69, 9.17) is 4.74 Å². The van der Waals surface area contributed by atoms with Crippen molar-refractivity contribution in [2.75, 3.05) is 6.54 Å². The minimum Gasteiger partial charge on any atom is -0.461 e. The Morgan fingerprint density at radius 1 is 1.23 bits per heavy atom. The van der Waals surface area contributed by atoms with E-state index in [2.05, 4.69) is 0 Å². The van der Waals surface area contributed by atoms with Crippen LogP contribution in [0.5, 0.6) is 0 Å². The van der Waals surface area contributed by atoms with Gasteiger partial charge < -0.3 is 4.74 Å². The summed E-state index contributed by atoms with van der Waals surface area (Å²) in [5, 5.41) is 10.9. The fourth-order valence-corrected chi connectivity index (χ4v) is 3.90. The fourth-order valence-electron chi connectivity index (χ4n) is 3.08. The van der Waals surface area contributed by atoms with Crippen molar-refractivity contribution in [3.8, 4) is 0 Å². The summed E-state index contributed by atoms with van der Waals surface area (Å²) in [6.45, 7) is 2.98. The number of thioether (sulfide) groups is 1. The maximum absolute atomic E-state index is 12.7. The highest BCUT2D eigenvalue weighted by Gasteiger charge is 2.37. The van der Waals surface area contributed by atoms with Gasteiger partial charge in [-0.25, -0.2) is 4.79 Å². The molecule has 0 aliphatic carbocycles. The quantitative estimate of drug-likeness (QED) is 0.284. The molecule has 11 nitrogen and oxygen atoms in total. The van der Waals surface area contributed by atoms with Crippen molar-refractivity contribution < 1.29 is 24.0 Å². The molecule has 2 amide bonds. The van der Waals surface area contributed by atoms with Crippen LogP contribution < -0.4 is 5.69 Å². The summed E-state index contributed by atoms with van der Waals surface area (Å²) in [4.78, 5) is 60.6. The summed E-state index contributed by atoms with van der Waals surface area (Å²) in [5.41, 5.74) is 0.169. The third kappa shape index (κ3) is 4.10. The SMILES string of the molecule is CC[C@@H](C)OC(=O)CN1C(=O)S/C(=C\c2cc3c(cc2[N+](=O)[O-])n(C)c(=O)n3C)C1=O. The van der Waals surface area contributed by atoms with Crippen molar-refractivity contribution in [1.82, 2.24) is 14.0 Å². The largest absolute Gasteiger partial charge is 0.461 e. The van der Waals surface area contributed by atoms with E-state index < -0.39 is 28.6 Å². The summed E-state index contributed by atoms with van der Waals surface area (Å²) in [6.07, 6.45) is 1.46. The molecule has 31 heavy (non-hydrogen) atoms. The van der Waals surface area contributed by atoms with Crippen LogP contribution in [0.2, 0.25) is 0 Å². The lowest BCUT2D eigenvalue weighted by Crippen LogP contribution is -2.35.